The van der Waals surface area contributed by atoms with E-state index in [0.29, 0.717) is 5.69 Å². The van der Waals surface area contributed by atoms with E-state index in [4.69, 9.17) is 11.6 Å². The molecule has 4 rings (SSSR count). The summed E-state index contributed by atoms with van der Waals surface area (Å²) in [5.41, 5.74) is 3.23. The molecule has 130 valence electrons. The molecule has 0 fully saturated rings. The van der Waals surface area contributed by atoms with Crippen LogP contribution in [-0.2, 0) is 7.05 Å². The minimum Gasteiger partial charge on any atom is -0.350 e. The van der Waals surface area contributed by atoms with Gasteiger partial charge in [0.1, 0.15) is 5.82 Å². The Morgan fingerprint density at radius 3 is 2.64 bits per heavy atom. The zero-order chi connectivity index (χ0) is 18.1. The Morgan fingerprint density at radius 2 is 1.92 bits per heavy atom. The molecule has 3 heterocycles. The summed E-state index contributed by atoms with van der Waals surface area (Å²) in [4.78, 5) is 8.71. The Morgan fingerprint density at radius 1 is 1.16 bits per heavy atom. The second-order valence-corrected chi connectivity index (χ2v) is 7.16. The van der Waals surface area contributed by atoms with Gasteiger partial charge in [0, 0.05) is 71.6 Å². The topological polar surface area (TPSA) is 35.6 Å². The van der Waals surface area contributed by atoms with Crippen LogP contribution in [0.2, 0.25) is 5.28 Å². The van der Waals surface area contributed by atoms with Crippen LogP contribution in [0, 0.1) is 5.82 Å². The number of aryl methyl sites for hydroxylation is 1. The van der Waals surface area contributed by atoms with Gasteiger partial charge in [0.25, 0.3) is 0 Å². The third-order valence-electron chi connectivity index (χ3n) is 3.76. The van der Waals surface area contributed by atoms with Gasteiger partial charge in [-0.15, -0.1) is 0 Å². The van der Waals surface area contributed by atoms with Gasteiger partial charge in [0.2, 0.25) is 5.28 Å². The van der Waals surface area contributed by atoms with Gasteiger partial charge in [-0.05, 0) is 35.9 Å². The lowest BCUT2D eigenvalue weighted by Crippen LogP contribution is -1.92. The standard InChI is InChI=1S/C15H9ClFIN4S.C2H6/c1-21-7-11(10-6-8(17)2-3-12(10)21)13-9-4-5-22(23-18)14(9)20-15(16)19-13;1-2/h2-7H,1H3;1-2H3. The van der Waals surface area contributed by atoms with Gasteiger partial charge in [-0.1, -0.05) is 13.8 Å². The molecule has 0 atom stereocenters. The van der Waals surface area contributed by atoms with Crippen LogP contribution in [0.4, 0.5) is 4.39 Å². The normalized spacial score (nSPS) is 11.0. The molecule has 1 aromatic carbocycles. The zero-order valence-electron chi connectivity index (χ0n) is 13.8. The molecule has 0 unspecified atom stereocenters. The molecule has 4 nitrogen and oxygen atoms in total. The van der Waals surface area contributed by atoms with Gasteiger partial charge in [-0.2, -0.15) is 4.98 Å². The van der Waals surface area contributed by atoms with E-state index in [2.05, 4.69) is 31.2 Å². The molecular formula is C17H15ClFIN4S. The number of fused-ring (bicyclic) bond motifs is 2. The number of rotatable bonds is 2. The van der Waals surface area contributed by atoms with E-state index >= 15 is 0 Å². The molecule has 0 radical (unpaired) electrons. The average molecular weight is 489 g/mol. The minimum absolute atomic E-state index is 0.173. The van der Waals surface area contributed by atoms with Gasteiger partial charge in [0.15, 0.2) is 5.65 Å². The Kier molecular flexibility index (Phi) is 5.55. The van der Waals surface area contributed by atoms with Crippen LogP contribution in [0.1, 0.15) is 13.8 Å². The first-order valence-electron chi connectivity index (χ1n) is 7.67. The fourth-order valence-electron chi connectivity index (χ4n) is 2.78. The maximum Gasteiger partial charge on any atom is 0.224 e. The van der Waals surface area contributed by atoms with E-state index in [1.165, 1.54) is 21.3 Å². The molecule has 0 saturated carbocycles. The molecule has 8 heteroatoms. The highest BCUT2D eigenvalue weighted by molar-refractivity contribution is 14.2. The van der Waals surface area contributed by atoms with Crippen molar-refractivity contribution in [2.75, 3.05) is 0 Å². The van der Waals surface area contributed by atoms with Crippen molar-refractivity contribution in [1.29, 1.82) is 0 Å². The lowest BCUT2D eigenvalue weighted by atomic mass is 10.1. The fourth-order valence-corrected chi connectivity index (χ4v) is 4.21. The summed E-state index contributed by atoms with van der Waals surface area (Å²) >= 11 is 8.30. The molecule has 0 N–H and O–H groups in total. The number of hydrogen-bond donors (Lipinski definition) is 0. The minimum atomic E-state index is -0.276. The van der Waals surface area contributed by atoms with Crippen LogP contribution in [0.3, 0.4) is 0 Å². The van der Waals surface area contributed by atoms with Gasteiger partial charge in [-0.25, -0.2) is 9.37 Å². The van der Waals surface area contributed by atoms with E-state index in [1.807, 2.05) is 47.9 Å². The van der Waals surface area contributed by atoms with Gasteiger partial charge >= 0.3 is 0 Å². The zero-order valence-corrected chi connectivity index (χ0v) is 17.5. The third kappa shape index (κ3) is 3.24. The van der Waals surface area contributed by atoms with Crippen LogP contribution in [-0.4, -0.2) is 18.5 Å². The second kappa shape index (κ2) is 7.51. The molecule has 0 aliphatic heterocycles. The third-order valence-corrected chi connectivity index (χ3v) is 5.65. The van der Waals surface area contributed by atoms with Gasteiger partial charge < -0.3 is 4.57 Å². The largest absolute Gasteiger partial charge is 0.350 e. The van der Waals surface area contributed by atoms with E-state index < -0.39 is 0 Å². The quantitative estimate of drug-likeness (QED) is 0.247. The number of hydrogen-bond acceptors (Lipinski definition) is 3. The summed E-state index contributed by atoms with van der Waals surface area (Å²) in [6.07, 6.45) is 3.86. The lowest BCUT2D eigenvalue weighted by Gasteiger charge is -2.04. The average Bonchev–Trinajstić information content (AvgIpc) is 3.16. The smallest absolute Gasteiger partial charge is 0.224 e. The van der Waals surface area contributed by atoms with Crippen molar-refractivity contribution < 1.29 is 4.39 Å². The van der Waals surface area contributed by atoms with Gasteiger partial charge in [-0.3, -0.25) is 3.97 Å². The van der Waals surface area contributed by atoms with Gasteiger partial charge in [0.05, 0.1) is 5.69 Å². The first-order chi connectivity index (χ1) is 12.1. The SMILES string of the molecule is CC.Cn1cc(-c2nc(Cl)nc3c2ccn3SI)c2cc(F)ccc21. The summed E-state index contributed by atoms with van der Waals surface area (Å²) < 4.78 is 17.6. The first kappa shape index (κ1) is 18.5. The second-order valence-electron chi connectivity index (χ2n) is 5.10. The molecule has 0 bridgehead atoms. The van der Waals surface area contributed by atoms with E-state index in [-0.39, 0.29) is 11.1 Å². The highest BCUT2D eigenvalue weighted by Gasteiger charge is 2.17. The molecule has 0 saturated heterocycles. The van der Waals surface area contributed by atoms with Crippen molar-refractivity contribution in [2.24, 2.45) is 7.05 Å². The van der Waals surface area contributed by atoms with Crippen molar-refractivity contribution in [3.8, 4) is 11.3 Å². The molecule has 25 heavy (non-hydrogen) atoms. The summed E-state index contributed by atoms with van der Waals surface area (Å²) in [7, 11) is 3.43. The predicted octanol–water partition coefficient (Wildman–Crippen LogP) is 6.26. The molecular weight excluding hydrogens is 474 g/mol. The summed E-state index contributed by atoms with van der Waals surface area (Å²) in [6.45, 7) is 4.00. The first-order valence-corrected chi connectivity index (χ1v) is 11.4. The number of aromatic nitrogens is 4. The van der Waals surface area contributed by atoms with Crippen molar-refractivity contribution in [1.82, 2.24) is 18.5 Å². The van der Waals surface area contributed by atoms with Crippen molar-refractivity contribution in [3.05, 3.63) is 47.8 Å². The fraction of sp³-hybridized carbons (Fsp3) is 0.176. The summed E-state index contributed by atoms with van der Waals surface area (Å²) in [5.74, 6) is -0.276. The Labute approximate surface area is 166 Å². The van der Waals surface area contributed by atoms with E-state index in [9.17, 15) is 4.39 Å². The number of halogens is 3. The van der Waals surface area contributed by atoms with Crippen LogP contribution < -0.4 is 0 Å². The Bertz CT molecular complexity index is 1060. The van der Waals surface area contributed by atoms with E-state index in [0.717, 1.165) is 27.5 Å². The van der Waals surface area contributed by atoms with Crippen LogP contribution >= 0.6 is 41.9 Å². The molecule has 0 aliphatic rings. The van der Waals surface area contributed by atoms with Crippen molar-refractivity contribution in [2.45, 2.75) is 13.8 Å². The maximum absolute atomic E-state index is 13.7. The molecule has 0 spiro atoms. The van der Waals surface area contributed by atoms with E-state index in [1.54, 1.807) is 6.07 Å². The van der Waals surface area contributed by atoms with Crippen LogP contribution in [0.15, 0.2) is 36.7 Å². The summed E-state index contributed by atoms with van der Waals surface area (Å²) in [6, 6.07) is 6.69. The molecule has 0 aliphatic carbocycles. The molecule has 4 aromatic rings. The monoisotopic (exact) mass is 488 g/mol. The molecule has 0 amide bonds. The number of nitrogens with zero attached hydrogens (tertiary/aromatic N) is 4. The highest BCUT2D eigenvalue weighted by atomic mass is 127. The van der Waals surface area contributed by atoms with Crippen molar-refractivity contribution in [3.63, 3.8) is 0 Å². The van der Waals surface area contributed by atoms with Crippen LogP contribution in [0.25, 0.3) is 33.2 Å². The van der Waals surface area contributed by atoms with Crippen LogP contribution in [0.5, 0.6) is 0 Å². The summed E-state index contributed by atoms with van der Waals surface area (Å²) in [5, 5.41) is 1.86. The maximum atomic E-state index is 13.7. The Hall–Kier alpha value is -1.32. The van der Waals surface area contributed by atoms with Crippen molar-refractivity contribution >= 4 is 63.9 Å². The number of benzene rings is 1. The molecule has 3 aromatic heterocycles. The lowest BCUT2D eigenvalue weighted by molar-refractivity contribution is 0.629. The highest BCUT2D eigenvalue weighted by Crippen LogP contribution is 2.36. The predicted molar refractivity (Wildman–Crippen MR) is 113 cm³/mol. The Balaban J connectivity index is 0.000000880.